The predicted molar refractivity (Wildman–Crippen MR) is 92.5 cm³/mol. The number of carbonyl (C=O) groups excluding carboxylic acids is 1. The predicted octanol–water partition coefficient (Wildman–Crippen LogP) is -0.267. The van der Waals surface area contributed by atoms with Crippen LogP contribution in [-0.2, 0) is 9.53 Å². The average Bonchev–Trinajstić information content (AvgIpc) is 2.55. The second-order valence-electron chi connectivity index (χ2n) is 6.96. The Morgan fingerprint density at radius 2 is 1.83 bits per heavy atom. The topological polar surface area (TPSA) is 57.5 Å². The van der Waals surface area contributed by atoms with Crippen molar-refractivity contribution in [3.8, 4) is 5.75 Å². The molecule has 1 aromatic rings. The first-order chi connectivity index (χ1) is 11.5. The summed E-state index contributed by atoms with van der Waals surface area (Å²) in [5.74, 6) is 0.552. The van der Waals surface area contributed by atoms with Crippen molar-refractivity contribution < 1.29 is 19.5 Å². The van der Waals surface area contributed by atoms with Gasteiger partial charge in [-0.25, -0.2) is 0 Å². The number of morpholine rings is 1. The Labute approximate surface area is 143 Å². The smallest absolute Gasteiger partial charge is 0.277 e. The summed E-state index contributed by atoms with van der Waals surface area (Å²) in [5.41, 5.74) is 0.888. The molecular formula is C18H28N3O3+. The van der Waals surface area contributed by atoms with Gasteiger partial charge in [-0.05, 0) is 26.0 Å². The van der Waals surface area contributed by atoms with E-state index in [1.807, 2.05) is 36.9 Å². The van der Waals surface area contributed by atoms with Gasteiger partial charge in [0.05, 0.1) is 44.1 Å². The van der Waals surface area contributed by atoms with Crippen molar-refractivity contribution in [1.29, 1.82) is 0 Å². The van der Waals surface area contributed by atoms with Crippen molar-refractivity contribution in [2.45, 2.75) is 26.1 Å². The van der Waals surface area contributed by atoms with Crippen LogP contribution < -0.4 is 9.80 Å². The molecule has 6 nitrogen and oxygen atoms in total. The summed E-state index contributed by atoms with van der Waals surface area (Å²) in [5, 5.41) is 9.97. The minimum Gasteiger partial charge on any atom is -0.506 e. The maximum absolute atomic E-state index is 12.6. The number of quaternary nitrogens is 1. The quantitative estimate of drug-likeness (QED) is 0.799. The Bertz CT molecular complexity index is 562. The molecule has 2 aliphatic heterocycles. The number of hydrogen-bond donors (Lipinski definition) is 2. The van der Waals surface area contributed by atoms with E-state index in [-0.39, 0.29) is 18.1 Å². The van der Waals surface area contributed by atoms with E-state index < -0.39 is 0 Å². The van der Waals surface area contributed by atoms with Crippen LogP contribution in [0.25, 0.3) is 0 Å². The molecule has 0 spiro atoms. The Morgan fingerprint density at radius 3 is 2.46 bits per heavy atom. The number of nitrogens with one attached hydrogen (secondary N) is 1. The summed E-state index contributed by atoms with van der Waals surface area (Å²) in [6, 6.07) is 7.45. The SMILES string of the molecule is C[C@H]1CN(C(=O)C[NH+]2CCN(c3ccccc3O)CC2)C[C@H](C)O1. The van der Waals surface area contributed by atoms with Gasteiger partial charge >= 0.3 is 0 Å². The van der Waals surface area contributed by atoms with Crippen LogP contribution >= 0.6 is 0 Å². The average molecular weight is 334 g/mol. The first-order valence-electron chi connectivity index (χ1n) is 8.82. The van der Waals surface area contributed by atoms with Crippen molar-refractivity contribution in [3.63, 3.8) is 0 Å². The summed E-state index contributed by atoms with van der Waals surface area (Å²) >= 11 is 0. The third-order valence-electron chi connectivity index (χ3n) is 4.87. The van der Waals surface area contributed by atoms with Crippen molar-refractivity contribution in [2.75, 3.05) is 50.7 Å². The Morgan fingerprint density at radius 1 is 1.21 bits per heavy atom. The van der Waals surface area contributed by atoms with E-state index in [4.69, 9.17) is 4.74 Å². The molecule has 2 atom stereocenters. The zero-order chi connectivity index (χ0) is 17.1. The van der Waals surface area contributed by atoms with Crippen LogP contribution in [-0.4, -0.2) is 73.9 Å². The molecule has 2 aliphatic rings. The highest BCUT2D eigenvalue weighted by Crippen LogP contribution is 2.25. The monoisotopic (exact) mass is 334 g/mol. The number of benzene rings is 1. The summed E-state index contributed by atoms with van der Waals surface area (Å²) in [4.78, 5) is 18.0. The molecule has 24 heavy (non-hydrogen) atoms. The number of phenolic OH excluding ortho intramolecular Hbond substituents is 1. The van der Waals surface area contributed by atoms with Crippen LogP contribution in [0.2, 0.25) is 0 Å². The van der Waals surface area contributed by atoms with Crippen LogP contribution in [0.1, 0.15) is 13.8 Å². The minimum absolute atomic E-state index is 0.116. The maximum Gasteiger partial charge on any atom is 0.277 e. The van der Waals surface area contributed by atoms with Crippen LogP contribution in [0.4, 0.5) is 5.69 Å². The first kappa shape index (κ1) is 17.0. The van der Waals surface area contributed by atoms with Crippen LogP contribution in [0, 0.1) is 0 Å². The zero-order valence-electron chi connectivity index (χ0n) is 14.6. The van der Waals surface area contributed by atoms with E-state index in [0.717, 1.165) is 31.9 Å². The van der Waals surface area contributed by atoms with E-state index >= 15 is 0 Å². The van der Waals surface area contributed by atoms with Crippen molar-refractivity contribution in [1.82, 2.24) is 4.90 Å². The van der Waals surface area contributed by atoms with Gasteiger partial charge in [-0.1, -0.05) is 12.1 Å². The maximum atomic E-state index is 12.6. The number of rotatable bonds is 3. The van der Waals surface area contributed by atoms with E-state index in [1.165, 1.54) is 4.90 Å². The third kappa shape index (κ3) is 3.99. The molecule has 0 unspecified atom stereocenters. The van der Waals surface area contributed by atoms with Crippen LogP contribution in [0.15, 0.2) is 24.3 Å². The summed E-state index contributed by atoms with van der Waals surface area (Å²) in [7, 11) is 0. The molecule has 0 radical (unpaired) electrons. The van der Waals surface area contributed by atoms with Gasteiger partial charge < -0.3 is 24.5 Å². The molecule has 2 saturated heterocycles. The molecule has 2 heterocycles. The highest BCUT2D eigenvalue weighted by molar-refractivity contribution is 5.77. The number of para-hydroxylation sites is 2. The van der Waals surface area contributed by atoms with Crippen molar-refractivity contribution in [2.24, 2.45) is 0 Å². The minimum atomic E-state index is 0.116. The lowest BCUT2D eigenvalue weighted by atomic mass is 10.2. The van der Waals surface area contributed by atoms with E-state index in [0.29, 0.717) is 25.4 Å². The summed E-state index contributed by atoms with van der Waals surface area (Å²) in [6.07, 6.45) is 0.233. The summed E-state index contributed by atoms with van der Waals surface area (Å²) < 4.78 is 5.70. The van der Waals surface area contributed by atoms with Crippen molar-refractivity contribution >= 4 is 11.6 Å². The standard InChI is InChI=1S/C18H27N3O3/c1-14-11-21(12-15(2)24-14)18(23)13-19-7-9-20(10-8-19)16-5-3-4-6-17(16)22/h3-6,14-15,22H,7-13H2,1-2H3/p+1/t14-,15-/m0/s1. The Balaban J connectivity index is 1.50. The van der Waals surface area contributed by atoms with Gasteiger partial charge in [0, 0.05) is 13.1 Å². The highest BCUT2D eigenvalue weighted by atomic mass is 16.5. The zero-order valence-corrected chi connectivity index (χ0v) is 14.6. The number of piperazine rings is 1. The third-order valence-corrected chi connectivity index (χ3v) is 4.87. The van der Waals surface area contributed by atoms with Crippen LogP contribution in [0.3, 0.4) is 0 Å². The lowest BCUT2D eigenvalue weighted by Crippen LogP contribution is -3.16. The van der Waals surface area contributed by atoms with Gasteiger partial charge in [-0.2, -0.15) is 0 Å². The van der Waals surface area contributed by atoms with Gasteiger partial charge in [0.25, 0.3) is 5.91 Å². The molecule has 2 fully saturated rings. The second kappa shape index (κ2) is 7.40. The van der Waals surface area contributed by atoms with E-state index in [9.17, 15) is 9.90 Å². The van der Waals surface area contributed by atoms with E-state index in [1.54, 1.807) is 6.07 Å². The Hall–Kier alpha value is -1.79. The van der Waals surface area contributed by atoms with Gasteiger partial charge in [0.1, 0.15) is 5.75 Å². The Kier molecular flexibility index (Phi) is 5.26. The molecule has 132 valence electrons. The normalized spacial score (nSPS) is 25.8. The van der Waals surface area contributed by atoms with E-state index in [2.05, 4.69) is 4.90 Å². The molecule has 6 heteroatoms. The highest BCUT2D eigenvalue weighted by Gasteiger charge is 2.29. The number of nitrogens with zero attached hydrogens (tertiary/aromatic N) is 2. The molecule has 1 amide bonds. The number of hydrogen-bond acceptors (Lipinski definition) is 4. The largest absolute Gasteiger partial charge is 0.506 e. The number of amides is 1. The molecular weight excluding hydrogens is 306 g/mol. The molecule has 1 aromatic carbocycles. The number of anilines is 1. The second-order valence-corrected chi connectivity index (χ2v) is 6.96. The van der Waals surface area contributed by atoms with Gasteiger partial charge in [0.2, 0.25) is 0 Å². The molecule has 2 N–H and O–H groups in total. The fraction of sp³-hybridized carbons (Fsp3) is 0.611. The number of phenols is 1. The van der Waals surface area contributed by atoms with Gasteiger partial charge in [-0.15, -0.1) is 0 Å². The van der Waals surface area contributed by atoms with Crippen molar-refractivity contribution in [3.05, 3.63) is 24.3 Å². The summed E-state index contributed by atoms with van der Waals surface area (Å²) in [6.45, 7) is 9.52. The molecule has 3 rings (SSSR count). The molecule has 0 aromatic heterocycles. The number of carbonyl (C=O) groups is 1. The lowest BCUT2D eigenvalue weighted by molar-refractivity contribution is -0.892. The first-order valence-corrected chi connectivity index (χ1v) is 8.82. The molecule has 0 saturated carbocycles. The molecule has 0 bridgehead atoms. The molecule has 0 aliphatic carbocycles. The van der Waals surface area contributed by atoms with Crippen LogP contribution in [0.5, 0.6) is 5.75 Å². The fourth-order valence-electron chi connectivity index (χ4n) is 3.68. The number of ether oxygens (including phenoxy) is 1. The van der Waals surface area contributed by atoms with Gasteiger partial charge in [-0.3, -0.25) is 4.79 Å². The number of aromatic hydroxyl groups is 1. The fourth-order valence-corrected chi connectivity index (χ4v) is 3.68. The van der Waals surface area contributed by atoms with Gasteiger partial charge in [0.15, 0.2) is 6.54 Å². The lowest BCUT2D eigenvalue weighted by Gasteiger charge is -2.37.